The molecule has 1 aliphatic rings. The number of nitrogens with one attached hydrogen (secondary N) is 1. The number of carbonyl (C=O) groups is 3. The third kappa shape index (κ3) is 9.71. The number of carbonyl (C=O) groups excluding carboxylic acids is 3. The number of nitrogens with zero attached hydrogens (tertiary/aromatic N) is 1. The maximum absolute atomic E-state index is 13.3. The van der Waals surface area contributed by atoms with Crippen LogP contribution in [0.3, 0.4) is 0 Å². The smallest absolute Gasteiger partial charge is 0.247 e. The van der Waals surface area contributed by atoms with Crippen LogP contribution in [0.1, 0.15) is 43.5 Å². The third-order valence-electron chi connectivity index (χ3n) is 6.09. The summed E-state index contributed by atoms with van der Waals surface area (Å²) in [6, 6.07) is 2.35. The molecule has 1 aromatic carbocycles. The van der Waals surface area contributed by atoms with E-state index in [1.807, 2.05) is 36.4 Å². The molecule has 2 amide bonds. The average Bonchev–Trinajstić information content (AvgIpc) is 2.92. The van der Waals surface area contributed by atoms with Gasteiger partial charge in [0, 0.05) is 44.4 Å². The van der Waals surface area contributed by atoms with Crippen molar-refractivity contribution in [1.29, 1.82) is 0 Å². The molecule has 218 valence electrons. The zero-order chi connectivity index (χ0) is 28.9. The molecule has 11 nitrogen and oxygen atoms in total. The van der Waals surface area contributed by atoms with Gasteiger partial charge in [-0.15, -0.1) is 0 Å². The number of rotatable bonds is 16. The van der Waals surface area contributed by atoms with E-state index in [9.17, 15) is 24.6 Å². The molecule has 2 rings (SSSR count). The van der Waals surface area contributed by atoms with Crippen LogP contribution in [0.2, 0.25) is 0 Å². The highest BCUT2D eigenvalue weighted by Crippen LogP contribution is 2.37. The van der Waals surface area contributed by atoms with E-state index >= 15 is 0 Å². The van der Waals surface area contributed by atoms with Crippen molar-refractivity contribution in [2.45, 2.75) is 57.5 Å². The number of ether oxygens (including phenoxy) is 4. The van der Waals surface area contributed by atoms with E-state index in [0.29, 0.717) is 46.3 Å². The molecule has 0 fully saturated rings. The van der Waals surface area contributed by atoms with Crippen LogP contribution in [-0.2, 0) is 19.1 Å². The molecular formula is C27H39IN2O9. The number of aliphatic hydroxyl groups is 2. The number of halogens is 1. The maximum Gasteiger partial charge on any atom is 0.247 e. The molecule has 0 unspecified atom stereocenters. The van der Waals surface area contributed by atoms with Gasteiger partial charge in [-0.1, -0.05) is 0 Å². The number of hydrogen-bond donors (Lipinski definition) is 3. The summed E-state index contributed by atoms with van der Waals surface area (Å²) in [7, 11) is 2.94. The normalized spacial score (nSPS) is 18.9. The summed E-state index contributed by atoms with van der Waals surface area (Å²) in [5, 5.41) is 23.3. The van der Waals surface area contributed by atoms with Crippen molar-refractivity contribution in [3.63, 3.8) is 0 Å². The van der Waals surface area contributed by atoms with Crippen LogP contribution in [0.5, 0.6) is 11.5 Å². The van der Waals surface area contributed by atoms with Crippen LogP contribution in [0, 0.1) is 3.57 Å². The van der Waals surface area contributed by atoms with E-state index in [-0.39, 0.29) is 50.4 Å². The average molecular weight is 663 g/mol. The molecular weight excluding hydrogens is 623 g/mol. The summed E-state index contributed by atoms with van der Waals surface area (Å²) in [5.41, 5.74) is 0.703. The van der Waals surface area contributed by atoms with Crippen molar-refractivity contribution in [1.82, 2.24) is 10.2 Å². The molecule has 0 radical (unpaired) electrons. The second kappa shape index (κ2) is 16.8. The van der Waals surface area contributed by atoms with Crippen LogP contribution in [0.4, 0.5) is 0 Å². The van der Waals surface area contributed by atoms with Gasteiger partial charge in [0.2, 0.25) is 11.8 Å². The van der Waals surface area contributed by atoms with E-state index < -0.39 is 24.2 Å². The highest BCUT2D eigenvalue weighted by molar-refractivity contribution is 14.1. The Morgan fingerprint density at radius 1 is 1.26 bits per heavy atom. The number of hydrogen-bond acceptors (Lipinski definition) is 9. The van der Waals surface area contributed by atoms with E-state index in [4.69, 9.17) is 18.9 Å². The quantitative estimate of drug-likeness (QED) is 0.137. The predicted octanol–water partition coefficient (Wildman–Crippen LogP) is 1.71. The van der Waals surface area contributed by atoms with Gasteiger partial charge in [0.1, 0.15) is 18.5 Å². The molecule has 3 atom stereocenters. The minimum absolute atomic E-state index is 0.0357. The first-order valence-electron chi connectivity index (χ1n) is 12.8. The predicted molar refractivity (Wildman–Crippen MR) is 152 cm³/mol. The van der Waals surface area contributed by atoms with Crippen molar-refractivity contribution in [2.75, 3.05) is 47.1 Å². The van der Waals surface area contributed by atoms with E-state index in [0.717, 1.165) is 0 Å². The molecule has 1 aromatic rings. The van der Waals surface area contributed by atoms with Gasteiger partial charge in [-0.25, -0.2) is 0 Å². The second-order valence-corrected chi connectivity index (χ2v) is 10.4. The van der Waals surface area contributed by atoms with E-state index in [1.165, 1.54) is 26.4 Å². The van der Waals surface area contributed by atoms with Gasteiger partial charge in [-0.3, -0.25) is 14.4 Å². The standard InChI is InChI=1S/C27H39IN2O9/c1-17(2)38-10-5-8-30(24(33)6-11-36-3)21-14-19(27(35)29-7-9-31)15-22(25(21)34)39-26-20(28)12-18(16-32)13-23(26)37-4/h12-13,15-17,21-22,25,31,34H,5-11,14H2,1-4H3,(H,29,35)/t21-,22+,25+/m1/s1. The fourth-order valence-corrected chi connectivity index (χ4v) is 4.95. The molecule has 0 aromatic heterocycles. The molecule has 3 N–H and O–H groups in total. The van der Waals surface area contributed by atoms with Gasteiger partial charge in [0.25, 0.3) is 0 Å². The van der Waals surface area contributed by atoms with Crippen LogP contribution in [-0.4, -0.2) is 105 Å². The number of aldehydes is 1. The second-order valence-electron chi connectivity index (χ2n) is 9.27. The van der Waals surface area contributed by atoms with Crippen molar-refractivity contribution in [2.24, 2.45) is 0 Å². The minimum Gasteiger partial charge on any atom is -0.493 e. The maximum atomic E-state index is 13.3. The molecule has 0 bridgehead atoms. The minimum atomic E-state index is -1.19. The monoisotopic (exact) mass is 662 g/mol. The van der Waals surface area contributed by atoms with Crippen LogP contribution in [0.25, 0.3) is 0 Å². The van der Waals surface area contributed by atoms with Crippen molar-refractivity contribution in [3.8, 4) is 11.5 Å². The Hall–Kier alpha value is -2.26. The summed E-state index contributed by atoms with van der Waals surface area (Å²) >= 11 is 2.01. The van der Waals surface area contributed by atoms with Gasteiger partial charge < -0.3 is 39.4 Å². The molecule has 1 aliphatic carbocycles. The van der Waals surface area contributed by atoms with Gasteiger partial charge >= 0.3 is 0 Å². The van der Waals surface area contributed by atoms with Gasteiger partial charge in [0.15, 0.2) is 11.5 Å². The summed E-state index contributed by atoms with van der Waals surface area (Å²) < 4.78 is 22.9. The van der Waals surface area contributed by atoms with Crippen molar-refractivity contribution >= 4 is 40.7 Å². The summed E-state index contributed by atoms with van der Waals surface area (Å²) in [5.74, 6) is -0.0807. The van der Waals surface area contributed by atoms with E-state index in [1.54, 1.807) is 11.0 Å². The lowest BCUT2D eigenvalue weighted by Crippen LogP contribution is -2.55. The topological polar surface area (TPSA) is 144 Å². The third-order valence-corrected chi connectivity index (χ3v) is 6.89. The Bertz CT molecular complexity index is 1000. The van der Waals surface area contributed by atoms with Gasteiger partial charge in [-0.2, -0.15) is 0 Å². The summed E-state index contributed by atoms with van der Waals surface area (Å²) in [6.07, 6.45) is 0.752. The van der Waals surface area contributed by atoms with E-state index in [2.05, 4.69) is 5.32 Å². The zero-order valence-corrected chi connectivity index (χ0v) is 25.0. The molecule has 0 spiro atoms. The Kier molecular flexibility index (Phi) is 14.2. The van der Waals surface area contributed by atoms with Gasteiger partial charge in [0.05, 0.1) is 42.5 Å². The molecule has 0 heterocycles. The highest BCUT2D eigenvalue weighted by atomic mass is 127. The van der Waals surface area contributed by atoms with Gasteiger partial charge in [-0.05, 0) is 61.1 Å². The molecule has 0 aliphatic heterocycles. The molecule has 0 saturated carbocycles. The van der Waals surface area contributed by atoms with Crippen LogP contribution >= 0.6 is 22.6 Å². The lowest BCUT2D eigenvalue weighted by atomic mass is 9.88. The first kappa shape index (κ1) is 32.9. The Morgan fingerprint density at radius 3 is 2.62 bits per heavy atom. The Balaban J connectivity index is 2.45. The SMILES string of the molecule is COCCC(=O)N(CCCOC(C)C)[C@@H]1CC(C(=O)NCCO)=C[C@H](Oc2c(I)cc(C=O)cc2OC)[C@H]1O. The highest BCUT2D eigenvalue weighted by Gasteiger charge is 2.40. The number of benzene rings is 1. The molecule has 0 saturated heterocycles. The van der Waals surface area contributed by atoms with Crippen LogP contribution < -0.4 is 14.8 Å². The number of amides is 2. The number of aliphatic hydroxyl groups excluding tert-OH is 2. The summed E-state index contributed by atoms with van der Waals surface area (Å²) in [4.78, 5) is 39.1. The Morgan fingerprint density at radius 2 is 2.00 bits per heavy atom. The summed E-state index contributed by atoms with van der Waals surface area (Å²) in [6.45, 7) is 4.59. The fraction of sp³-hybridized carbons (Fsp3) is 0.593. The first-order chi connectivity index (χ1) is 18.7. The largest absolute Gasteiger partial charge is 0.493 e. The Labute approximate surface area is 242 Å². The molecule has 12 heteroatoms. The van der Waals surface area contributed by atoms with Crippen molar-refractivity contribution in [3.05, 3.63) is 32.9 Å². The fourth-order valence-electron chi connectivity index (χ4n) is 4.20. The first-order valence-corrected chi connectivity index (χ1v) is 13.9. The van der Waals surface area contributed by atoms with Crippen molar-refractivity contribution < 1.29 is 43.5 Å². The van der Waals surface area contributed by atoms with Crippen LogP contribution in [0.15, 0.2) is 23.8 Å². The lowest BCUT2D eigenvalue weighted by Gasteiger charge is -2.40. The lowest BCUT2D eigenvalue weighted by molar-refractivity contribution is -0.139. The molecule has 39 heavy (non-hydrogen) atoms. The zero-order valence-electron chi connectivity index (χ0n) is 22.9. The number of methoxy groups -OCH3 is 2.